The fraction of sp³-hybridized carbons (Fsp3) is 0.150. The van der Waals surface area contributed by atoms with Crippen LogP contribution in [0.25, 0.3) is 22.1 Å². The van der Waals surface area contributed by atoms with Crippen LogP contribution in [0.4, 0.5) is 0 Å². The Kier molecular flexibility index (Phi) is 3.69. The minimum Gasteiger partial charge on any atom is -0.449 e. The summed E-state index contributed by atoms with van der Waals surface area (Å²) in [5.74, 6) is 1.68. The quantitative estimate of drug-likeness (QED) is 0.496. The summed E-state index contributed by atoms with van der Waals surface area (Å²) < 4.78 is 11.9. The van der Waals surface area contributed by atoms with E-state index >= 15 is 0 Å². The maximum atomic E-state index is 11.4. The lowest BCUT2D eigenvalue weighted by Gasteiger charge is -2.07. The molecule has 0 spiro atoms. The highest BCUT2D eigenvalue weighted by atomic mass is 16.5. The molecule has 4 aromatic rings. The second kappa shape index (κ2) is 6.02. The van der Waals surface area contributed by atoms with E-state index < -0.39 is 0 Å². The van der Waals surface area contributed by atoms with Crippen LogP contribution < -0.4 is 4.74 Å². The highest BCUT2D eigenvalue weighted by Crippen LogP contribution is 2.34. The van der Waals surface area contributed by atoms with Gasteiger partial charge in [-0.15, -0.1) is 0 Å². The topological polar surface area (TPSA) is 65.2 Å². The van der Waals surface area contributed by atoms with Crippen molar-refractivity contribution in [2.45, 2.75) is 20.3 Å². The van der Waals surface area contributed by atoms with Gasteiger partial charge < -0.3 is 9.15 Å². The summed E-state index contributed by atoms with van der Waals surface area (Å²) in [6.07, 6.45) is 0.690. The highest BCUT2D eigenvalue weighted by Gasteiger charge is 2.17. The summed E-state index contributed by atoms with van der Waals surface area (Å²) in [5.41, 5.74) is 2.65. The van der Waals surface area contributed by atoms with Gasteiger partial charge in [0.1, 0.15) is 22.7 Å². The number of nitrogens with zero attached hydrogens (tertiary/aromatic N) is 2. The Morgan fingerprint density at radius 1 is 1.08 bits per heavy atom. The lowest BCUT2D eigenvalue weighted by atomic mass is 10.1. The predicted octanol–water partition coefficient (Wildman–Crippen LogP) is 4.93. The van der Waals surface area contributed by atoms with Crippen molar-refractivity contribution in [3.05, 3.63) is 59.9 Å². The molecule has 0 atom stereocenters. The van der Waals surface area contributed by atoms with Crippen LogP contribution in [-0.4, -0.2) is 15.8 Å². The molecule has 0 fully saturated rings. The van der Waals surface area contributed by atoms with Crippen LogP contribution in [0, 0.1) is 0 Å². The number of benzene rings is 2. The Labute approximate surface area is 144 Å². The number of para-hydroxylation sites is 1. The molecule has 0 aliphatic carbocycles. The zero-order chi connectivity index (χ0) is 17.4. The van der Waals surface area contributed by atoms with Gasteiger partial charge >= 0.3 is 0 Å². The molecule has 0 aliphatic heterocycles. The van der Waals surface area contributed by atoms with E-state index in [1.54, 1.807) is 24.3 Å². The maximum Gasteiger partial charge on any atom is 0.267 e. The van der Waals surface area contributed by atoms with Crippen LogP contribution in [0.2, 0.25) is 0 Å². The van der Waals surface area contributed by atoms with E-state index in [-0.39, 0.29) is 5.78 Å². The average Bonchev–Trinajstić information content (AvgIpc) is 3.01. The first-order valence-electron chi connectivity index (χ1n) is 8.12. The Morgan fingerprint density at radius 3 is 2.56 bits per heavy atom. The van der Waals surface area contributed by atoms with E-state index in [1.807, 2.05) is 31.2 Å². The Balaban J connectivity index is 1.83. The molecular formula is C20H16N2O3. The fourth-order valence-electron chi connectivity index (χ4n) is 2.71. The lowest BCUT2D eigenvalue weighted by molar-refractivity contribution is 0.101. The summed E-state index contributed by atoms with van der Waals surface area (Å²) in [5, 5.41) is 0.936. The molecule has 0 radical (unpaired) electrons. The Bertz CT molecular complexity index is 1080. The van der Waals surface area contributed by atoms with Crippen LogP contribution in [0.5, 0.6) is 11.6 Å². The zero-order valence-corrected chi connectivity index (χ0v) is 13.9. The molecule has 5 nitrogen and oxygen atoms in total. The van der Waals surface area contributed by atoms with E-state index in [0.29, 0.717) is 35.0 Å². The van der Waals surface area contributed by atoms with E-state index in [1.165, 1.54) is 6.92 Å². The van der Waals surface area contributed by atoms with E-state index in [0.717, 1.165) is 16.5 Å². The fourth-order valence-corrected chi connectivity index (χ4v) is 2.71. The second-order valence-corrected chi connectivity index (χ2v) is 5.76. The number of aryl methyl sites for hydroxylation is 1. The smallest absolute Gasteiger partial charge is 0.267 e. The number of hydrogen-bond acceptors (Lipinski definition) is 5. The third kappa shape index (κ3) is 2.74. The molecule has 2 aromatic heterocycles. The number of fused-ring (bicyclic) bond motifs is 3. The van der Waals surface area contributed by atoms with Gasteiger partial charge in [-0.05, 0) is 43.3 Å². The number of Topliss-reactive ketones (excluding diaryl/α,β-unsaturated/α-hetero) is 1. The van der Waals surface area contributed by atoms with Gasteiger partial charge in [-0.2, -0.15) is 4.98 Å². The zero-order valence-electron chi connectivity index (χ0n) is 13.9. The third-order valence-electron chi connectivity index (χ3n) is 4.03. The predicted molar refractivity (Wildman–Crippen MR) is 95.2 cm³/mol. The van der Waals surface area contributed by atoms with Gasteiger partial charge in [0.25, 0.3) is 5.88 Å². The lowest BCUT2D eigenvalue weighted by Crippen LogP contribution is -1.97. The molecule has 124 valence electrons. The molecule has 0 unspecified atom stereocenters. The molecule has 0 bridgehead atoms. The number of carbonyl (C=O) groups excluding carboxylic acids is 1. The molecule has 0 saturated heterocycles. The van der Waals surface area contributed by atoms with Crippen molar-refractivity contribution >= 4 is 27.9 Å². The normalized spacial score (nSPS) is 11.1. The van der Waals surface area contributed by atoms with Crippen molar-refractivity contribution in [1.82, 2.24) is 9.97 Å². The van der Waals surface area contributed by atoms with Crippen molar-refractivity contribution < 1.29 is 13.9 Å². The Hall–Kier alpha value is -3.21. The van der Waals surface area contributed by atoms with Crippen molar-refractivity contribution in [1.29, 1.82) is 0 Å². The van der Waals surface area contributed by atoms with Gasteiger partial charge in [-0.1, -0.05) is 19.1 Å². The Morgan fingerprint density at radius 2 is 1.84 bits per heavy atom. The van der Waals surface area contributed by atoms with Gasteiger partial charge in [0.15, 0.2) is 5.78 Å². The summed E-state index contributed by atoms with van der Waals surface area (Å²) in [6.45, 7) is 3.53. The summed E-state index contributed by atoms with van der Waals surface area (Å²) in [6, 6.07) is 14.7. The average molecular weight is 332 g/mol. The number of ketones is 1. The van der Waals surface area contributed by atoms with Gasteiger partial charge in [-0.25, -0.2) is 4.98 Å². The first kappa shape index (κ1) is 15.3. The number of aromatic nitrogens is 2. The minimum absolute atomic E-state index is 0.0153. The van der Waals surface area contributed by atoms with Crippen molar-refractivity contribution in [2.75, 3.05) is 0 Å². The molecule has 2 heterocycles. The molecular weight excluding hydrogens is 316 g/mol. The van der Waals surface area contributed by atoms with Crippen LogP contribution in [0.1, 0.15) is 30.0 Å². The first-order valence-corrected chi connectivity index (χ1v) is 8.12. The number of rotatable bonds is 4. The molecule has 0 amide bonds. The van der Waals surface area contributed by atoms with Crippen LogP contribution in [0.3, 0.4) is 0 Å². The SMILES string of the molecule is CCc1nc(Oc2ccc(C(C)=O)cc2)c2oc3ccccc3c2n1. The number of hydrogen-bond donors (Lipinski definition) is 0. The monoisotopic (exact) mass is 332 g/mol. The number of carbonyl (C=O) groups is 1. The van der Waals surface area contributed by atoms with Crippen molar-refractivity contribution in [3.8, 4) is 11.6 Å². The van der Waals surface area contributed by atoms with Gasteiger partial charge in [0.2, 0.25) is 5.58 Å². The summed E-state index contributed by atoms with van der Waals surface area (Å²) >= 11 is 0. The van der Waals surface area contributed by atoms with Crippen molar-refractivity contribution in [2.24, 2.45) is 0 Å². The standard InChI is InChI=1S/C20H16N2O3/c1-3-17-21-18-15-6-4-5-7-16(15)25-19(18)20(22-17)24-14-10-8-13(9-11-14)12(2)23/h4-11H,3H2,1-2H3. The summed E-state index contributed by atoms with van der Waals surface area (Å²) in [4.78, 5) is 20.5. The van der Waals surface area contributed by atoms with Gasteiger partial charge in [0.05, 0.1) is 0 Å². The molecule has 0 saturated carbocycles. The number of ether oxygens (including phenoxy) is 1. The molecule has 25 heavy (non-hydrogen) atoms. The van der Waals surface area contributed by atoms with Crippen LogP contribution in [0.15, 0.2) is 52.9 Å². The largest absolute Gasteiger partial charge is 0.449 e. The van der Waals surface area contributed by atoms with E-state index in [2.05, 4.69) is 9.97 Å². The number of furan rings is 1. The van der Waals surface area contributed by atoms with Crippen molar-refractivity contribution in [3.63, 3.8) is 0 Å². The molecule has 0 aliphatic rings. The van der Waals surface area contributed by atoms with E-state index in [9.17, 15) is 4.79 Å². The first-order chi connectivity index (χ1) is 12.2. The van der Waals surface area contributed by atoms with Gasteiger partial charge in [-0.3, -0.25) is 4.79 Å². The summed E-state index contributed by atoms with van der Waals surface area (Å²) in [7, 11) is 0. The molecule has 0 N–H and O–H groups in total. The second-order valence-electron chi connectivity index (χ2n) is 5.76. The highest BCUT2D eigenvalue weighted by molar-refractivity contribution is 6.03. The third-order valence-corrected chi connectivity index (χ3v) is 4.03. The van der Waals surface area contributed by atoms with Gasteiger partial charge in [0, 0.05) is 17.4 Å². The molecule has 4 rings (SSSR count). The van der Waals surface area contributed by atoms with Crippen LogP contribution in [-0.2, 0) is 6.42 Å². The molecule has 5 heteroatoms. The maximum absolute atomic E-state index is 11.4. The minimum atomic E-state index is 0.0153. The van der Waals surface area contributed by atoms with E-state index in [4.69, 9.17) is 9.15 Å². The molecule has 2 aromatic carbocycles. The van der Waals surface area contributed by atoms with Crippen LogP contribution >= 0.6 is 0 Å².